The first-order valence-electron chi connectivity index (χ1n) is 11.4. The Hall–Kier alpha value is -2.54. The maximum Gasteiger partial charge on any atom is 0.245 e. The van der Waals surface area contributed by atoms with Crippen molar-refractivity contribution in [3.8, 4) is 0 Å². The van der Waals surface area contributed by atoms with E-state index < -0.39 is 5.60 Å². The standard InChI is InChI=1S/C24H32N4O3/c1-3-22(30)28-12-8-17(9-13-28)26-21-15-25-19-5-4-18(23(19)27-21)20(29)7-11-24(31)10-6-16(2)14-24/h3-4,15-17,31H,1,5-14H2,2H3,(H,26,27)/t16-,24?/m1/s1. The molecule has 7 nitrogen and oxygen atoms in total. The van der Waals surface area contributed by atoms with Crippen molar-refractivity contribution in [2.75, 3.05) is 18.4 Å². The number of fused-ring (bicyclic) bond motifs is 1. The number of ketones is 1. The van der Waals surface area contributed by atoms with E-state index in [1.165, 1.54) is 6.08 Å². The average Bonchev–Trinajstić information content (AvgIpc) is 3.35. The lowest BCUT2D eigenvalue weighted by Crippen LogP contribution is -2.41. The van der Waals surface area contributed by atoms with Gasteiger partial charge in [0, 0.05) is 37.5 Å². The van der Waals surface area contributed by atoms with E-state index in [1.807, 2.05) is 6.08 Å². The van der Waals surface area contributed by atoms with Crippen LogP contribution in [0.5, 0.6) is 0 Å². The Balaban J connectivity index is 1.36. The number of Topliss-reactive ketones (excluding diaryl/α,β-unsaturated/α-hetero) is 1. The molecule has 3 aliphatic rings. The molecule has 1 aromatic rings. The van der Waals surface area contributed by atoms with Crippen LogP contribution < -0.4 is 5.32 Å². The first-order chi connectivity index (χ1) is 14.9. The van der Waals surface area contributed by atoms with Gasteiger partial charge in [0.2, 0.25) is 5.91 Å². The van der Waals surface area contributed by atoms with Crippen molar-refractivity contribution in [1.82, 2.24) is 14.9 Å². The molecule has 1 unspecified atom stereocenters. The smallest absolute Gasteiger partial charge is 0.245 e. The van der Waals surface area contributed by atoms with E-state index in [0.29, 0.717) is 55.4 Å². The number of likely N-dealkylation sites (tertiary alicyclic amines) is 1. The number of aliphatic hydroxyl groups is 1. The van der Waals surface area contributed by atoms with Crippen molar-refractivity contribution in [3.05, 3.63) is 36.3 Å². The van der Waals surface area contributed by atoms with Crippen LogP contribution in [0, 0.1) is 5.92 Å². The molecule has 0 aromatic carbocycles. The molecule has 166 valence electrons. The van der Waals surface area contributed by atoms with Crippen LogP contribution in [-0.2, 0) is 16.0 Å². The van der Waals surface area contributed by atoms with Crippen LogP contribution >= 0.6 is 0 Å². The highest BCUT2D eigenvalue weighted by atomic mass is 16.3. The highest BCUT2D eigenvalue weighted by Gasteiger charge is 2.36. The number of piperidine rings is 1. The van der Waals surface area contributed by atoms with Crippen LogP contribution in [0.2, 0.25) is 0 Å². The number of hydrogen-bond acceptors (Lipinski definition) is 6. The number of nitrogens with one attached hydrogen (secondary N) is 1. The van der Waals surface area contributed by atoms with E-state index >= 15 is 0 Å². The third-order valence-corrected chi connectivity index (χ3v) is 6.88. The summed E-state index contributed by atoms with van der Waals surface area (Å²) in [5, 5.41) is 14.1. The Morgan fingerprint density at radius 2 is 2.13 bits per heavy atom. The molecular formula is C24H32N4O3. The van der Waals surface area contributed by atoms with Crippen molar-refractivity contribution in [3.63, 3.8) is 0 Å². The first kappa shape index (κ1) is 21.7. The second kappa shape index (κ2) is 8.91. The normalized spacial score (nSPS) is 25.8. The minimum atomic E-state index is -0.700. The van der Waals surface area contributed by atoms with Gasteiger partial charge >= 0.3 is 0 Å². The fourth-order valence-corrected chi connectivity index (χ4v) is 5.05. The third kappa shape index (κ3) is 4.87. The lowest BCUT2D eigenvalue weighted by molar-refractivity contribution is -0.126. The largest absolute Gasteiger partial charge is 0.390 e. The number of allylic oxidation sites excluding steroid dienone is 2. The fourth-order valence-electron chi connectivity index (χ4n) is 5.05. The first-order valence-corrected chi connectivity index (χ1v) is 11.4. The number of amides is 1. The number of carbonyl (C=O) groups is 2. The molecule has 1 saturated carbocycles. The maximum atomic E-state index is 12.9. The van der Waals surface area contributed by atoms with Gasteiger partial charge in [-0.2, -0.15) is 0 Å². The molecule has 2 aliphatic carbocycles. The Labute approximate surface area is 183 Å². The number of carbonyl (C=O) groups excluding carboxylic acids is 2. The van der Waals surface area contributed by atoms with Crippen molar-refractivity contribution in [2.24, 2.45) is 5.92 Å². The van der Waals surface area contributed by atoms with Gasteiger partial charge in [-0.1, -0.05) is 19.6 Å². The summed E-state index contributed by atoms with van der Waals surface area (Å²) >= 11 is 0. The lowest BCUT2D eigenvalue weighted by Gasteiger charge is -2.32. The van der Waals surface area contributed by atoms with Gasteiger partial charge in [0.25, 0.3) is 0 Å². The van der Waals surface area contributed by atoms with E-state index in [1.54, 1.807) is 11.1 Å². The maximum absolute atomic E-state index is 12.9. The highest BCUT2D eigenvalue weighted by Crippen LogP contribution is 2.38. The van der Waals surface area contributed by atoms with Gasteiger partial charge < -0.3 is 15.3 Å². The van der Waals surface area contributed by atoms with Gasteiger partial charge in [0.1, 0.15) is 5.82 Å². The minimum Gasteiger partial charge on any atom is -0.390 e. The van der Waals surface area contributed by atoms with Crippen LogP contribution in [0.25, 0.3) is 5.57 Å². The molecule has 0 radical (unpaired) electrons. The Kier molecular flexibility index (Phi) is 6.23. The van der Waals surface area contributed by atoms with Crippen LogP contribution in [0.1, 0.15) is 63.3 Å². The molecule has 31 heavy (non-hydrogen) atoms. The summed E-state index contributed by atoms with van der Waals surface area (Å²) < 4.78 is 0. The van der Waals surface area contributed by atoms with Crippen LogP contribution in [-0.4, -0.2) is 56.4 Å². The number of anilines is 1. The number of rotatable bonds is 7. The van der Waals surface area contributed by atoms with E-state index in [2.05, 4.69) is 23.8 Å². The quantitative estimate of drug-likeness (QED) is 0.654. The van der Waals surface area contributed by atoms with Crippen LogP contribution in [0.3, 0.4) is 0 Å². The van der Waals surface area contributed by atoms with E-state index in [0.717, 1.165) is 37.8 Å². The van der Waals surface area contributed by atoms with Crippen molar-refractivity contribution in [1.29, 1.82) is 0 Å². The van der Waals surface area contributed by atoms with E-state index in [4.69, 9.17) is 4.98 Å². The molecule has 1 amide bonds. The summed E-state index contributed by atoms with van der Waals surface area (Å²) in [6, 6.07) is 0.212. The summed E-state index contributed by atoms with van der Waals surface area (Å²) in [7, 11) is 0. The summed E-state index contributed by atoms with van der Waals surface area (Å²) in [5.41, 5.74) is 1.43. The van der Waals surface area contributed by atoms with Crippen LogP contribution in [0.15, 0.2) is 24.9 Å². The van der Waals surface area contributed by atoms with Gasteiger partial charge in [-0.25, -0.2) is 4.98 Å². The molecule has 2 heterocycles. The zero-order valence-electron chi connectivity index (χ0n) is 18.3. The molecule has 0 spiro atoms. The van der Waals surface area contributed by atoms with E-state index in [9.17, 15) is 14.7 Å². The topological polar surface area (TPSA) is 95.4 Å². The zero-order valence-corrected chi connectivity index (χ0v) is 18.3. The monoisotopic (exact) mass is 424 g/mol. The molecule has 2 atom stereocenters. The number of nitrogens with zero attached hydrogens (tertiary/aromatic N) is 3. The molecule has 1 saturated heterocycles. The highest BCUT2D eigenvalue weighted by molar-refractivity contribution is 6.21. The fraction of sp³-hybridized carbons (Fsp3) is 0.583. The Bertz CT molecular complexity index is 904. The molecule has 7 heteroatoms. The number of hydrogen-bond donors (Lipinski definition) is 2. The predicted octanol–water partition coefficient (Wildman–Crippen LogP) is 2.91. The molecule has 1 aliphatic heterocycles. The van der Waals surface area contributed by atoms with Gasteiger partial charge in [-0.3, -0.25) is 14.6 Å². The average molecular weight is 425 g/mol. The predicted molar refractivity (Wildman–Crippen MR) is 119 cm³/mol. The molecule has 2 fully saturated rings. The van der Waals surface area contributed by atoms with Gasteiger partial charge in [-0.05, 0) is 50.5 Å². The second-order valence-electron chi connectivity index (χ2n) is 9.32. The number of aromatic nitrogens is 2. The molecule has 2 N–H and O–H groups in total. The molecule has 1 aromatic heterocycles. The van der Waals surface area contributed by atoms with Crippen LogP contribution in [0.4, 0.5) is 5.82 Å². The lowest BCUT2D eigenvalue weighted by atomic mass is 9.92. The Morgan fingerprint density at radius 3 is 2.81 bits per heavy atom. The van der Waals surface area contributed by atoms with Crippen molar-refractivity contribution < 1.29 is 14.7 Å². The molecule has 0 bridgehead atoms. The van der Waals surface area contributed by atoms with Gasteiger partial charge in [0.15, 0.2) is 5.78 Å². The van der Waals surface area contributed by atoms with Gasteiger partial charge in [0.05, 0.1) is 23.2 Å². The summed E-state index contributed by atoms with van der Waals surface area (Å²) in [6.45, 7) is 7.07. The summed E-state index contributed by atoms with van der Waals surface area (Å²) in [5.74, 6) is 1.19. The van der Waals surface area contributed by atoms with Gasteiger partial charge in [-0.15, -0.1) is 0 Å². The summed E-state index contributed by atoms with van der Waals surface area (Å²) in [4.78, 5) is 35.7. The zero-order chi connectivity index (χ0) is 22.0. The van der Waals surface area contributed by atoms with Crippen molar-refractivity contribution in [2.45, 2.75) is 69.9 Å². The van der Waals surface area contributed by atoms with Crippen molar-refractivity contribution >= 4 is 23.1 Å². The SMILES string of the molecule is C=CC(=O)N1CCC(Nc2cnc3c(n2)C(C(=O)CCC2(O)CC[C@@H](C)C2)=CC3)CC1. The Morgan fingerprint density at radius 1 is 1.35 bits per heavy atom. The van der Waals surface area contributed by atoms with E-state index in [-0.39, 0.29) is 17.7 Å². The third-order valence-electron chi connectivity index (χ3n) is 6.88. The summed E-state index contributed by atoms with van der Waals surface area (Å²) in [6.07, 6.45) is 10.7. The minimum absolute atomic E-state index is 0.0271. The molecular weight excluding hydrogens is 392 g/mol. The second-order valence-corrected chi connectivity index (χ2v) is 9.32. The molecule has 4 rings (SSSR count).